The standard InChI is InChI=1S/C27H23F2NO4/c1-4-33-25-14-26-20(21(15-34-26)18-7-5-6-8-24(18)32-3)13-19(25)16(2)11-27(31)30-17-9-10-22(28)23(29)12-17/h5-15H,4H2,1-3H3,(H,30,31)/b16-11+. The van der Waals surface area contributed by atoms with Gasteiger partial charge >= 0.3 is 0 Å². The van der Waals surface area contributed by atoms with Crippen LogP contribution in [0.2, 0.25) is 0 Å². The summed E-state index contributed by atoms with van der Waals surface area (Å²) in [5.41, 5.74) is 3.83. The molecule has 0 unspecified atom stereocenters. The topological polar surface area (TPSA) is 60.7 Å². The van der Waals surface area contributed by atoms with E-state index < -0.39 is 17.5 Å². The Morgan fingerprint density at radius 1 is 1.03 bits per heavy atom. The second-order valence-corrected chi connectivity index (χ2v) is 7.57. The quantitative estimate of drug-likeness (QED) is 0.305. The largest absolute Gasteiger partial charge is 0.496 e. The number of hydrogen-bond donors (Lipinski definition) is 1. The molecule has 4 aromatic rings. The zero-order chi connectivity index (χ0) is 24.2. The van der Waals surface area contributed by atoms with Gasteiger partial charge in [-0.15, -0.1) is 0 Å². The van der Waals surface area contributed by atoms with Gasteiger partial charge in [0.15, 0.2) is 11.6 Å². The molecule has 1 N–H and O–H groups in total. The van der Waals surface area contributed by atoms with Gasteiger partial charge in [0, 0.05) is 46.0 Å². The maximum atomic E-state index is 13.5. The number of amides is 1. The van der Waals surface area contributed by atoms with Gasteiger partial charge in [0.1, 0.15) is 17.1 Å². The van der Waals surface area contributed by atoms with Crippen LogP contribution >= 0.6 is 0 Å². The van der Waals surface area contributed by atoms with E-state index in [0.717, 1.165) is 28.6 Å². The Morgan fingerprint density at radius 2 is 1.82 bits per heavy atom. The molecule has 0 saturated heterocycles. The number of allylic oxidation sites excluding steroid dienone is 1. The minimum Gasteiger partial charge on any atom is -0.496 e. The number of rotatable bonds is 7. The van der Waals surface area contributed by atoms with Gasteiger partial charge in [0.2, 0.25) is 5.91 Å². The van der Waals surface area contributed by atoms with Gasteiger partial charge in [-0.2, -0.15) is 0 Å². The van der Waals surface area contributed by atoms with Crippen molar-refractivity contribution in [2.75, 3.05) is 19.0 Å². The smallest absolute Gasteiger partial charge is 0.248 e. The molecule has 4 rings (SSSR count). The number of hydrogen-bond acceptors (Lipinski definition) is 4. The number of anilines is 1. The number of methoxy groups -OCH3 is 1. The number of nitrogens with one attached hydrogen (secondary N) is 1. The molecule has 7 heteroatoms. The molecule has 0 atom stereocenters. The first kappa shape index (κ1) is 23.0. The molecule has 0 bridgehead atoms. The highest BCUT2D eigenvalue weighted by Gasteiger charge is 2.17. The van der Waals surface area contributed by atoms with E-state index in [1.807, 2.05) is 37.3 Å². The molecule has 0 radical (unpaired) electrons. The molecule has 1 heterocycles. The fraction of sp³-hybridized carbons (Fsp3) is 0.148. The number of halogens is 2. The molecular formula is C27H23F2NO4. The van der Waals surface area contributed by atoms with E-state index in [4.69, 9.17) is 13.9 Å². The first-order valence-corrected chi connectivity index (χ1v) is 10.7. The number of ether oxygens (including phenoxy) is 2. The van der Waals surface area contributed by atoms with Gasteiger partial charge in [-0.25, -0.2) is 8.78 Å². The monoisotopic (exact) mass is 463 g/mol. The lowest BCUT2D eigenvalue weighted by Gasteiger charge is -2.12. The fourth-order valence-corrected chi connectivity index (χ4v) is 3.74. The van der Waals surface area contributed by atoms with E-state index in [1.54, 1.807) is 26.4 Å². The number of fused-ring (bicyclic) bond motifs is 1. The Morgan fingerprint density at radius 3 is 2.56 bits per heavy atom. The molecule has 34 heavy (non-hydrogen) atoms. The van der Waals surface area contributed by atoms with Gasteiger partial charge in [-0.05, 0) is 43.7 Å². The van der Waals surface area contributed by atoms with E-state index in [2.05, 4.69) is 5.32 Å². The van der Waals surface area contributed by atoms with E-state index >= 15 is 0 Å². The Kier molecular flexibility index (Phi) is 6.63. The summed E-state index contributed by atoms with van der Waals surface area (Å²) in [6.45, 7) is 4.06. The summed E-state index contributed by atoms with van der Waals surface area (Å²) in [7, 11) is 1.61. The Hall–Kier alpha value is -4.13. The maximum absolute atomic E-state index is 13.5. The molecule has 0 aliphatic rings. The van der Waals surface area contributed by atoms with Crippen LogP contribution in [-0.4, -0.2) is 19.6 Å². The van der Waals surface area contributed by atoms with Crippen LogP contribution < -0.4 is 14.8 Å². The molecule has 174 valence electrons. The summed E-state index contributed by atoms with van der Waals surface area (Å²) in [4.78, 5) is 12.6. The third-order valence-electron chi connectivity index (χ3n) is 5.33. The maximum Gasteiger partial charge on any atom is 0.248 e. The Balaban J connectivity index is 1.74. The van der Waals surface area contributed by atoms with Crippen molar-refractivity contribution in [1.82, 2.24) is 0 Å². The fourth-order valence-electron chi connectivity index (χ4n) is 3.74. The summed E-state index contributed by atoms with van der Waals surface area (Å²) >= 11 is 0. The summed E-state index contributed by atoms with van der Waals surface area (Å²) < 4.78 is 43.7. The molecule has 0 aliphatic heterocycles. The zero-order valence-electron chi connectivity index (χ0n) is 18.9. The van der Waals surface area contributed by atoms with Crippen LogP contribution in [0.4, 0.5) is 14.5 Å². The predicted octanol–water partition coefficient (Wildman–Crippen LogP) is 6.83. The summed E-state index contributed by atoms with van der Waals surface area (Å²) in [5.74, 6) is -1.23. The van der Waals surface area contributed by atoms with Crippen molar-refractivity contribution in [1.29, 1.82) is 0 Å². The molecule has 0 spiro atoms. The van der Waals surface area contributed by atoms with Gasteiger partial charge in [0.25, 0.3) is 0 Å². The highest BCUT2D eigenvalue weighted by Crippen LogP contribution is 2.40. The molecule has 3 aromatic carbocycles. The average Bonchev–Trinajstić information content (AvgIpc) is 3.23. The molecule has 1 aromatic heterocycles. The van der Waals surface area contributed by atoms with Gasteiger partial charge in [-0.1, -0.05) is 18.2 Å². The van der Waals surface area contributed by atoms with Crippen LogP contribution in [0.25, 0.3) is 27.7 Å². The van der Waals surface area contributed by atoms with Crippen LogP contribution in [0.15, 0.2) is 71.4 Å². The van der Waals surface area contributed by atoms with Crippen LogP contribution in [0.3, 0.4) is 0 Å². The van der Waals surface area contributed by atoms with Gasteiger partial charge < -0.3 is 19.2 Å². The second-order valence-electron chi connectivity index (χ2n) is 7.57. The molecule has 0 aliphatic carbocycles. The number of carbonyl (C=O) groups is 1. The lowest BCUT2D eigenvalue weighted by atomic mass is 9.98. The van der Waals surface area contributed by atoms with Crippen molar-refractivity contribution in [3.8, 4) is 22.6 Å². The Labute approximate surface area is 195 Å². The molecule has 5 nitrogen and oxygen atoms in total. The minimum atomic E-state index is -1.04. The molecular weight excluding hydrogens is 440 g/mol. The summed E-state index contributed by atoms with van der Waals surface area (Å²) in [5, 5.41) is 3.38. The minimum absolute atomic E-state index is 0.154. The van der Waals surface area contributed by atoms with Crippen molar-refractivity contribution < 1.29 is 27.5 Å². The summed E-state index contributed by atoms with van der Waals surface area (Å²) in [6.07, 6.45) is 3.05. The number of para-hydroxylation sites is 1. The van der Waals surface area contributed by atoms with E-state index in [-0.39, 0.29) is 5.69 Å². The SMILES string of the molecule is CCOc1cc2occ(-c3ccccc3OC)c2cc1/C(C)=C/C(=O)Nc1ccc(F)c(F)c1. The second kappa shape index (κ2) is 9.79. The van der Waals surface area contributed by atoms with Crippen molar-refractivity contribution in [2.45, 2.75) is 13.8 Å². The third kappa shape index (κ3) is 4.64. The highest BCUT2D eigenvalue weighted by molar-refractivity contribution is 6.05. The van der Waals surface area contributed by atoms with Crippen LogP contribution in [-0.2, 0) is 4.79 Å². The highest BCUT2D eigenvalue weighted by atomic mass is 19.2. The van der Waals surface area contributed by atoms with E-state index in [9.17, 15) is 13.6 Å². The van der Waals surface area contributed by atoms with Crippen molar-refractivity contribution >= 4 is 28.1 Å². The van der Waals surface area contributed by atoms with Gasteiger partial charge in [0.05, 0.1) is 20.0 Å². The lowest BCUT2D eigenvalue weighted by molar-refractivity contribution is -0.111. The summed E-state index contributed by atoms with van der Waals surface area (Å²) in [6, 6.07) is 14.5. The van der Waals surface area contributed by atoms with Crippen LogP contribution in [0.5, 0.6) is 11.5 Å². The van der Waals surface area contributed by atoms with Crippen LogP contribution in [0.1, 0.15) is 19.4 Å². The van der Waals surface area contributed by atoms with Crippen molar-refractivity contribution in [2.24, 2.45) is 0 Å². The molecule has 0 saturated carbocycles. The number of benzene rings is 3. The number of carbonyl (C=O) groups excluding carboxylic acids is 1. The molecule has 0 fully saturated rings. The van der Waals surface area contributed by atoms with E-state index in [0.29, 0.717) is 34.8 Å². The van der Waals surface area contributed by atoms with Crippen LogP contribution in [0, 0.1) is 11.6 Å². The molecule has 1 amide bonds. The average molecular weight is 463 g/mol. The first-order valence-electron chi connectivity index (χ1n) is 10.7. The lowest BCUT2D eigenvalue weighted by Crippen LogP contribution is -2.09. The van der Waals surface area contributed by atoms with Crippen molar-refractivity contribution in [3.05, 3.63) is 84.1 Å². The normalized spacial score (nSPS) is 11.5. The predicted molar refractivity (Wildman–Crippen MR) is 128 cm³/mol. The van der Waals surface area contributed by atoms with E-state index in [1.165, 1.54) is 12.1 Å². The number of furan rings is 1. The Bertz CT molecular complexity index is 1390. The first-order chi connectivity index (χ1) is 16.4. The van der Waals surface area contributed by atoms with Crippen molar-refractivity contribution in [3.63, 3.8) is 0 Å². The third-order valence-corrected chi connectivity index (χ3v) is 5.33. The zero-order valence-corrected chi connectivity index (χ0v) is 18.9. The van der Waals surface area contributed by atoms with Gasteiger partial charge in [-0.3, -0.25) is 4.79 Å².